The van der Waals surface area contributed by atoms with Crippen molar-refractivity contribution >= 4 is 16.9 Å². The molecular weight excluding hydrogens is 238 g/mol. The van der Waals surface area contributed by atoms with Gasteiger partial charge in [0.1, 0.15) is 0 Å². The molecular formula is C16H19NO2. The number of aryl methyl sites for hydroxylation is 2. The van der Waals surface area contributed by atoms with Crippen LogP contribution in [0.15, 0.2) is 18.3 Å². The molecule has 0 spiro atoms. The summed E-state index contributed by atoms with van der Waals surface area (Å²) in [6, 6.07) is 4.51. The van der Waals surface area contributed by atoms with Crippen LogP contribution in [0, 0.1) is 0 Å². The average molecular weight is 257 g/mol. The van der Waals surface area contributed by atoms with Crippen molar-refractivity contribution in [1.82, 2.24) is 4.98 Å². The SMILES string of the molecule is CCOC(=O)Cc1c[nH]c2cc3c(cc12)CCCC3. The highest BCUT2D eigenvalue weighted by Crippen LogP contribution is 2.28. The molecule has 1 heterocycles. The number of benzene rings is 1. The van der Waals surface area contributed by atoms with Gasteiger partial charge in [0.2, 0.25) is 0 Å². The van der Waals surface area contributed by atoms with Crippen LogP contribution in [0.2, 0.25) is 0 Å². The molecule has 1 aliphatic carbocycles. The van der Waals surface area contributed by atoms with E-state index in [-0.39, 0.29) is 5.97 Å². The monoisotopic (exact) mass is 257 g/mol. The molecule has 0 bridgehead atoms. The van der Waals surface area contributed by atoms with Crippen molar-refractivity contribution < 1.29 is 9.53 Å². The Morgan fingerprint density at radius 1 is 1.26 bits per heavy atom. The van der Waals surface area contributed by atoms with Crippen molar-refractivity contribution in [2.24, 2.45) is 0 Å². The number of ether oxygens (including phenoxy) is 1. The number of H-pyrrole nitrogens is 1. The molecule has 0 fully saturated rings. The number of carbonyl (C=O) groups excluding carboxylic acids is 1. The predicted molar refractivity (Wildman–Crippen MR) is 75.3 cm³/mol. The van der Waals surface area contributed by atoms with E-state index in [2.05, 4.69) is 17.1 Å². The number of aromatic amines is 1. The Kier molecular flexibility index (Phi) is 3.28. The molecule has 0 unspecified atom stereocenters. The highest BCUT2D eigenvalue weighted by Gasteiger charge is 2.14. The molecule has 2 aromatic rings. The number of aromatic nitrogens is 1. The Labute approximate surface area is 113 Å². The predicted octanol–water partition coefficient (Wildman–Crippen LogP) is 3.15. The van der Waals surface area contributed by atoms with Crippen LogP contribution in [-0.2, 0) is 28.8 Å². The molecule has 0 saturated carbocycles. The van der Waals surface area contributed by atoms with Gasteiger partial charge in [0.15, 0.2) is 0 Å². The smallest absolute Gasteiger partial charge is 0.310 e. The molecule has 3 heteroatoms. The minimum Gasteiger partial charge on any atom is -0.466 e. The maximum absolute atomic E-state index is 11.6. The maximum atomic E-state index is 11.6. The fraction of sp³-hybridized carbons (Fsp3) is 0.438. The first kappa shape index (κ1) is 12.3. The van der Waals surface area contributed by atoms with Crippen molar-refractivity contribution in [3.05, 3.63) is 35.0 Å². The van der Waals surface area contributed by atoms with Crippen LogP contribution >= 0.6 is 0 Å². The third kappa shape index (κ3) is 2.37. The second-order valence-electron chi connectivity index (χ2n) is 5.17. The van der Waals surface area contributed by atoms with E-state index in [1.165, 1.54) is 35.8 Å². The molecule has 1 N–H and O–H groups in total. The van der Waals surface area contributed by atoms with Gasteiger partial charge >= 0.3 is 5.97 Å². The maximum Gasteiger partial charge on any atom is 0.310 e. The van der Waals surface area contributed by atoms with Gasteiger partial charge in [0, 0.05) is 17.1 Å². The molecule has 1 aromatic heterocycles. The first-order valence-electron chi connectivity index (χ1n) is 7.05. The van der Waals surface area contributed by atoms with Gasteiger partial charge in [-0.25, -0.2) is 0 Å². The Bertz CT molecular complexity index is 612. The van der Waals surface area contributed by atoms with Crippen molar-refractivity contribution in [1.29, 1.82) is 0 Å². The number of nitrogens with one attached hydrogen (secondary N) is 1. The lowest BCUT2D eigenvalue weighted by molar-refractivity contribution is -0.142. The summed E-state index contributed by atoms with van der Waals surface area (Å²) in [5.74, 6) is -0.152. The minimum atomic E-state index is -0.152. The average Bonchev–Trinajstić information content (AvgIpc) is 2.79. The van der Waals surface area contributed by atoms with Crippen LogP contribution < -0.4 is 0 Å². The van der Waals surface area contributed by atoms with Crippen LogP contribution in [0.1, 0.15) is 36.5 Å². The number of carbonyl (C=O) groups is 1. The van der Waals surface area contributed by atoms with Gasteiger partial charge in [-0.15, -0.1) is 0 Å². The zero-order valence-electron chi connectivity index (χ0n) is 11.3. The van der Waals surface area contributed by atoms with Crippen LogP contribution in [0.25, 0.3) is 10.9 Å². The fourth-order valence-corrected chi connectivity index (χ4v) is 2.93. The lowest BCUT2D eigenvalue weighted by Gasteiger charge is -2.15. The summed E-state index contributed by atoms with van der Waals surface area (Å²) in [6.07, 6.45) is 7.19. The van der Waals surface area contributed by atoms with Crippen molar-refractivity contribution in [2.45, 2.75) is 39.0 Å². The van der Waals surface area contributed by atoms with Gasteiger partial charge in [0.05, 0.1) is 13.0 Å². The number of fused-ring (bicyclic) bond motifs is 2. The highest BCUT2D eigenvalue weighted by molar-refractivity contribution is 5.88. The summed E-state index contributed by atoms with van der Waals surface area (Å²) in [6.45, 7) is 2.28. The fourth-order valence-electron chi connectivity index (χ4n) is 2.93. The molecule has 0 saturated heterocycles. The highest BCUT2D eigenvalue weighted by atomic mass is 16.5. The Hall–Kier alpha value is -1.77. The van der Waals surface area contributed by atoms with E-state index in [9.17, 15) is 4.79 Å². The van der Waals surface area contributed by atoms with Gasteiger partial charge < -0.3 is 9.72 Å². The van der Waals surface area contributed by atoms with E-state index in [4.69, 9.17) is 4.74 Å². The molecule has 1 aliphatic rings. The first-order chi connectivity index (χ1) is 9.28. The molecule has 0 atom stereocenters. The summed E-state index contributed by atoms with van der Waals surface area (Å²) in [5, 5.41) is 1.17. The van der Waals surface area contributed by atoms with Gasteiger partial charge in [-0.1, -0.05) is 0 Å². The molecule has 3 rings (SSSR count). The number of hydrogen-bond donors (Lipinski definition) is 1. The van der Waals surface area contributed by atoms with E-state index in [0.29, 0.717) is 13.0 Å². The number of hydrogen-bond acceptors (Lipinski definition) is 2. The largest absolute Gasteiger partial charge is 0.466 e. The Morgan fingerprint density at radius 2 is 2.00 bits per heavy atom. The summed E-state index contributed by atoms with van der Waals surface area (Å²) in [7, 11) is 0. The van der Waals surface area contributed by atoms with Gasteiger partial charge in [-0.3, -0.25) is 4.79 Å². The van der Waals surface area contributed by atoms with Crippen molar-refractivity contribution in [3.63, 3.8) is 0 Å². The molecule has 0 amide bonds. The third-order valence-corrected chi connectivity index (χ3v) is 3.87. The van der Waals surface area contributed by atoms with E-state index < -0.39 is 0 Å². The number of esters is 1. The first-order valence-corrected chi connectivity index (χ1v) is 7.05. The molecule has 3 nitrogen and oxygen atoms in total. The standard InChI is InChI=1S/C16H19NO2/c1-2-19-16(18)9-13-10-17-15-8-12-6-4-3-5-11(12)7-14(13)15/h7-8,10,17H,2-6,9H2,1H3. The second-order valence-corrected chi connectivity index (χ2v) is 5.17. The van der Waals surface area contributed by atoms with Crippen LogP contribution in [0.5, 0.6) is 0 Å². The molecule has 100 valence electrons. The van der Waals surface area contributed by atoms with E-state index >= 15 is 0 Å². The van der Waals surface area contributed by atoms with Gasteiger partial charge in [-0.05, 0) is 61.4 Å². The van der Waals surface area contributed by atoms with Gasteiger partial charge in [-0.2, -0.15) is 0 Å². The summed E-state index contributed by atoms with van der Waals surface area (Å²) in [5.41, 5.74) is 5.09. The van der Waals surface area contributed by atoms with Crippen LogP contribution in [0.4, 0.5) is 0 Å². The number of rotatable bonds is 3. The summed E-state index contributed by atoms with van der Waals surface area (Å²) >= 11 is 0. The van der Waals surface area contributed by atoms with E-state index in [1.54, 1.807) is 0 Å². The quantitative estimate of drug-likeness (QED) is 0.858. The molecule has 19 heavy (non-hydrogen) atoms. The van der Waals surface area contributed by atoms with Crippen LogP contribution in [-0.4, -0.2) is 17.6 Å². The summed E-state index contributed by atoms with van der Waals surface area (Å²) in [4.78, 5) is 14.9. The Morgan fingerprint density at radius 3 is 2.74 bits per heavy atom. The molecule has 0 radical (unpaired) electrons. The van der Waals surface area contributed by atoms with Crippen molar-refractivity contribution in [2.75, 3.05) is 6.61 Å². The lowest BCUT2D eigenvalue weighted by Crippen LogP contribution is -2.07. The third-order valence-electron chi connectivity index (χ3n) is 3.87. The zero-order chi connectivity index (χ0) is 13.2. The van der Waals surface area contributed by atoms with E-state index in [0.717, 1.165) is 17.5 Å². The normalized spacial score (nSPS) is 14.4. The Balaban J connectivity index is 1.95. The van der Waals surface area contributed by atoms with Crippen LogP contribution in [0.3, 0.4) is 0 Å². The van der Waals surface area contributed by atoms with E-state index in [1.807, 2.05) is 13.1 Å². The lowest BCUT2D eigenvalue weighted by atomic mass is 9.90. The summed E-state index contributed by atoms with van der Waals surface area (Å²) < 4.78 is 5.02. The topological polar surface area (TPSA) is 42.1 Å². The molecule has 1 aromatic carbocycles. The van der Waals surface area contributed by atoms with Gasteiger partial charge in [0.25, 0.3) is 0 Å². The minimum absolute atomic E-state index is 0.152. The zero-order valence-corrected chi connectivity index (χ0v) is 11.3. The van der Waals surface area contributed by atoms with Crippen molar-refractivity contribution in [3.8, 4) is 0 Å². The molecule has 0 aliphatic heterocycles. The second kappa shape index (κ2) is 5.08.